The molecule has 12 rings (SSSR count). The molecule has 49 heavy (non-hydrogen) atoms. The van der Waals surface area contributed by atoms with Gasteiger partial charge in [0, 0.05) is 34.1 Å². The molecule has 4 fully saturated rings. The molecule has 0 saturated heterocycles. The van der Waals surface area contributed by atoms with Crippen molar-refractivity contribution >= 4 is 57.2 Å². The Hall–Kier alpha value is -5.02. The Morgan fingerprint density at radius 1 is 0.449 bits per heavy atom. The Morgan fingerprint density at radius 3 is 1.55 bits per heavy atom. The van der Waals surface area contributed by atoms with E-state index in [0.717, 1.165) is 17.8 Å². The van der Waals surface area contributed by atoms with Crippen molar-refractivity contribution in [3.05, 3.63) is 151 Å². The third-order valence-corrected chi connectivity index (χ3v) is 12.8. The van der Waals surface area contributed by atoms with Crippen LogP contribution in [0.2, 0.25) is 0 Å². The first kappa shape index (κ1) is 27.9. The molecule has 0 amide bonds. The van der Waals surface area contributed by atoms with Crippen LogP contribution in [0.15, 0.2) is 146 Å². The highest BCUT2D eigenvalue weighted by molar-refractivity contribution is 7.00. The van der Waals surface area contributed by atoms with Gasteiger partial charge in [0.25, 0.3) is 6.71 Å². The Balaban J connectivity index is 1.21. The van der Waals surface area contributed by atoms with E-state index < -0.39 is 0 Å². The van der Waals surface area contributed by atoms with Crippen molar-refractivity contribution in [2.75, 3.05) is 9.80 Å². The Labute approximate surface area is 290 Å². The molecule has 4 aliphatic carbocycles. The summed E-state index contributed by atoms with van der Waals surface area (Å²) in [4.78, 5) is 5.09. The minimum Gasteiger partial charge on any atom is -0.311 e. The summed E-state index contributed by atoms with van der Waals surface area (Å²) in [5, 5.41) is 0. The summed E-state index contributed by atoms with van der Waals surface area (Å²) in [6.45, 7) is 0.148. The second-order valence-corrected chi connectivity index (χ2v) is 15.6. The number of hydrogen-bond donors (Lipinski definition) is 0. The van der Waals surface area contributed by atoms with Crippen molar-refractivity contribution in [1.29, 1.82) is 0 Å². The van der Waals surface area contributed by atoms with Crippen LogP contribution in [-0.2, 0) is 5.41 Å². The number of fused-ring (bicyclic) bond motifs is 4. The Bertz CT molecular complexity index is 2170. The summed E-state index contributed by atoms with van der Waals surface area (Å²) in [6, 6.07) is 54.8. The van der Waals surface area contributed by atoms with Gasteiger partial charge < -0.3 is 9.80 Å². The maximum absolute atomic E-state index is 2.69. The van der Waals surface area contributed by atoms with Crippen LogP contribution in [0.3, 0.4) is 0 Å². The minimum absolute atomic E-state index is 0.148. The van der Waals surface area contributed by atoms with Crippen LogP contribution in [-0.4, -0.2) is 6.71 Å². The Morgan fingerprint density at radius 2 is 0.959 bits per heavy atom. The van der Waals surface area contributed by atoms with Crippen LogP contribution < -0.4 is 26.2 Å². The second-order valence-electron chi connectivity index (χ2n) is 15.6. The van der Waals surface area contributed by atoms with Crippen LogP contribution in [0.25, 0.3) is 11.1 Å². The molecule has 2 nitrogen and oxygen atoms in total. The maximum Gasteiger partial charge on any atom is 0.252 e. The van der Waals surface area contributed by atoms with E-state index in [1.54, 1.807) is 5.56 Å². The summed E-state index contributed by atoms with van der Waals surface area (Å²) >= 11 is 0. The lowest BCUT2D eigenvalue weighted by Gasteiger charge is -2.57. The number of rotatable bonds is 4. The zero-order valence-electron chi connectivity index (χ0n) is 27.8. The number of hydrogen-bond acceptors (Lipinski definition) is 2. The van der Waals surface area contributed by atoms with E-state index >= 15 is 0 Å². The van der Waals surface area contributed by atoms with Crippen molar-refractivity contribution < 1.29 is 0 Å². The predicted octanol–water partition coefficient (Wildman–Crippen LogP) is 9.90. The van der Waals surface area contributed by atoms with Gasteiger partial charge in [-0.1, -0.05) is 97.1 Å². The fourth-order valence-corrected chi connectivity index (χ4v) is 11.3. The van der Waals surface area contributed by atoms with E-state index in [4.69, 9.17) is 0 Å². The molecule has 6 aliphatic rings. The van der Waals surface area contributed by atoms with Crippen LogP contribution in [0, 0.1) is 17.8 Å². The van der Waals surface area contributed by atoms with Gasteiger partial charge in [0.05, 0.1) is 0 Å². The van der Waals surface area contributed by atoms with Crippen molar-refractivity contribution in [1.82, 2.24) is 0 Å². The number of nitrogens with zero attached hydrogens (tertiary/aromatic N) is 2. The van der Waals surface area contributed by atoms with Crippen LogP contribution in [0.4, 0.5) is 34.1 Å². The summed E-state index contributed by atoms with van der Waals surface area (Å²) in [5.74, 6) is 2.75. The highest BCUT2D eigenvalue weighted by atomic mass is 15.2. The van der Waals surface area contributed by atoms with Gasteiger partial charge >= 0.3 is 0 Å². The van der Waals surface area contributed by atoms with Gasteiger partial charge in [-0.2, -0.15) is 0 Å². The standard InChI is InChI=1S/C46H39BN2/c1-4-12-34(13-5-1)35-25-43-45-44(26-35)49(38-16-8-3-9-17-38)42-21-20-36(46-28-31-22-32(29-46)24-33(23-31)30-46)27-40(42)47(45)39-18-10-11-19-41(39)48(43)37-14-6-2-7-15-37/h1-21,25-27,31-33H,22-24,28-30H2. The Kier molecular flexibility index (Phi) is 5.97. The van der Waals surface area contributed by atoms with E-state index in [0.29, 0.717) is 5.41 Å². The van der Waals surface area contributed by atoms with Gasteiger partial charge in [-0.3, -0.25) is 0 Å². The van der Waals surface area contributed by atoms with Crippen molar-refractivity contribution in [3.8, 4) is 11.1 Å². The molecular formula is C46H39BN2. The molecule has 6 aromatic carbocycles. The molecule has 6 aromatic rings. The van der Waals surface area contributed by atoms with Gasteiger partial charge in [-0.15, -0.1) is 0 Å². The monoisotopic (exact) mass is 630 g/mol. The average Bonchev–Trinajstić information content (AvgIpc) is 3.15. The molecule has 2 heterocycles. The second kappa shape index (κ2) is 10.5. The topological polar surface area (TPSA) is 6.48 Å². The van der Waals surface area contributed by atoms with Crippen molar-refractivity contribution in [2.45, 2.75) is 43.9 Å². The largest absolute Gasteiger partial charge is 0.311 e. The van der Waals surface area contributed by atoms with Gasteiger partial charge in [-0.25, -0.2) is 0 Å². The fraction of sp³-hybridized carbons (Fsp3) is 0.217. The number of anilines is 6. The minimum atomic E-state index is 0.148. The molecule has 0 unspecified atom stereocenters. The fourth-order valence-electron chi connectivity index (χ4n) is 11.3. The van der Waals surface area contributed by atoms with E-state index in [1.165, 1.54) is 100 Å². The van der Waals surface area contributed by atoms with E-state index in [2.05, 4.69) is 155 Å². The molecule has 4 saturated carbocycles. The van der Waals surface area contributed by atoms with Crippen LogP contribution >= 0.6 is 0 Å². The van der Waals surface area contributed by atoms with E-state index in [-0.39, 0.29) is 6.71 Å². The summed E-state index contributed by atoms with van der Waals surface area (Å²) in [5.41, 5.74) is 16.2. The molecule has 0 radical (unpaired) electrons. The van der Waals surface area contributed by atoms with Crippen LogP contribution in [0.1, 0.15) is 44.1 Å². The quantitative estimate of drug-likeness (QED) is 0.179. The molecular weight excluding hydrogens is 591 g/mol. The molecule has 3 heteroatoms. The summed E-state index contributed by atoms with van der Waals surface area (Å²) in [7, 11) is 0. The smallest absolute Gasteiger partial charge is 0.252 e. The highest BCUT2D eigenvalue weighted by Gasteiger charge is 2.52. The zero-order chi connectivity index (χ0) is 32.1. The predicted molar refractivity (Wildman–Crippen MR) is 206 cm³/mol. The lowest BCUT2D eigenvalue weighted by Crippen LogP contribution is -2.61. The van der Waals surface area contributed by atoms with Gasteiger partial charge in [-0.05, 0) is 143 Å². The third-order valence-electron chi connectivity index (χ3n) is 12.8. The van der Waals surface area contributed by atoms with Gasteiger partial charge in [0.15, 0.2) is 0 Å². The average molecular weight is 631 g/mol. The van der Waals surface area contributed by atoms with Crippen LogP contribution in [0.5, 0.6) is 0 Å². The van der Waals surface area contributed by atoms with Crippen molar-refractivity contribution in [3.63, 3.8) is 0 Å². The third kappa shape index (κ3) is 4.14. The zero-order valence-corrected chi connectivity index (χ0v) is 27.8. The molecule has 2 aliphatic heterocycles. The molecule has 236 valence electrons. The lowest BCUT2D eigenvalue weighted by atomic mass is 9.33. The molecule has 4 bridgehead atoms. The SMILES string of the molecule is c1ccc(-c2cc3c4c(c2)N(c2ccccc2)c2ccc(C56CC7CC(CC(C7)C5)C6)cc2B4c2ccccc2N3c2ccccc2)cc1. The molecule has 0 spiro atoms. The number of para-hydroxylation sites is 3. The first-order valence-corrected chi connectivity index (χ1v) is 18.4. The molecule has 0 aromatic heterocycles. The van der Waals surface area contributed by atoms with Gasteiger partial charge in [0.1, 0.15) is 0 Å². The molecule has 0 N–H and O–H groups in total. The molecule has 0 atom stereocenters. The summed E-state index contributed by atoms with van der Waals surface area (Å²) < 4.78 is 0. The van der Waals surface area contributed by atoms with E-state index in [1.807, 2.05) is 0 Å². The first-order valence-electron chi connectivity index (χ1n) is 18.4. The maximum atomic E-state index is 2.69. The lowest BCUT2D eigenvalue weighted by molar-refractivity contribution is -0.00514. The number of benzene rings is 6. The van der Waals surface area contributed by atoms with Crippen molar-refractivity contribution in [2.24, 2.45) is 17.8 Å². The van der Waals surface area contributed by atoms with Gasteiger partial charge in [0.2, 0.25) is 0 Å². The highest BCUT2D eigenvalue weighted by Crippen LogP contribution is 2.61. The summed E-state index contributed by atoms with van der Waals surface area (Å²) in [6.07, 6.45) is 8.55. The van der Waals surface area contributed by atoms with E-state index in [9.17, 15) is 0 Å². The first-order chi connectivity index (χ1) is 24.2. The normalized spacial score (nSPS) is 24.0.